The van der Waals surface area contributed by atoms with E-state index >= 15 is 0 Å². The van der Waals surface area contributed by atoms with Crippen LogP contribution in [-0.2, 0) is 9.84 Å². The average molecular weight is 325 g/mol. The van der Waals surface area contributed by atoms with Crippen LogP contribution in [0.2, 0.25) is 0 Å². The fourth-order valence-corrected chi connectivity index (χ4v) is 3.21. The van der Waals surface area contributed by atoms with Crippen LogP contribution in [0.4, 0.5) is 4.39 Å². The molecule has 3 nitrogen and oxygen atoms in total. The van der Waals surface area contributed by atoms with Crippen molar-refractivity contribution in [3.05, 3.63) is 53.8 Å². The zero-order chi connectivity index (χ0) is 15.6. The number of halogens is 1. The largest absolute Gasteiger partial charge is 0.324 e. The molecular formula is C15H16FNO2S2. The Labute approximate surface area is 128 Å². The molecule has 1 atom stereocenters. The summed E-state index contributed by atoms with van der Waals surface area (Å²) in [5, 5.41) is 0. The molecule has 0 saturated heterocycles. The van der Waals surface area contributed by atoms with Gasteiger partial charge >= 0.3 is 0 Å². The lowest BCUT2D eigenvalue weighted by Gasteiger charge is -2.09. The van der Waals surface area contributed by atoms with Gasteiger partial charge in [0, 0.05) is 22.1 Å². The summed E-state index contributed by atoms with van der Waals surface area (Å²) in [7, 11) is -3.21. The maximum atomic E-state index is 14.0. The van der Waals surface area contributed by atoms with Gasteiger partial charge in [-0.15, -0.1) is 0 Å². The first-order valence-corrected chi connectivity index (χ1v) is 9.01. The first kappa shape index (κ1) is 16.0. The van der Waals surface area contributed by atoms with Gasteiger partial charge in [0.1, 0.15) is 5.82 Å². The molecule has 0 saturated carbocycles. The van der Waals surface area contributed by atoms with E-state index in [1.54, 1.807) is 31.2 Å². The van der Waals surface area contributed by atoms with Crippen LogP contribution in [-0.4, -0.2) is 14.7 Å². The molecule has 0 bridgehead atoms. The van der Waals surface area contributed by atoms with Gasteiger partial charge in [0.05, 0.1) is 4.90 Å². The molecule has 0 aliphatic rings. The minimum atomic E-state index is -3.21. The van der Waals surface area contributed by atoms with Gasteiger partial charge in [-0.2, -0.15) is 0 Å². The van der Waals surface area contributed by atoms with Crippen LogP contribution in [0.3, 0.4) is 0 Å². The van der Waals surface area contributed by atoms with Gasteiger partial charge in [0.2, 0.25) is 0 Å². The Bertz CT molecular complexity index is 741. The molecule has 0 aliphatic carbocycles. The Morgan fingerprint density at radius 1 is 1.14 bits per heavy atom. The number of hydrogen-bond acceptors (Lipinski definition) is 4. The van der Waals surface area contributed by atoms with Crippen LogP contribution >= 0.6 is 11.8 Å². The van der Waals surface area contributed by atoms with Crippen LogP contribution in [0.5, 0.6) is 0 Å². The molecule has 0 aromatic heterocycles. The van der Waals surface area contributed by atoms with E-state index in [0.717, 1.165) is 16.7 Å². The van der Waals surface area contributed by atoms with Gasteiger partial charge in [-0.25, -0.2) is 12.8 Å². The maximum Gasteiger partial charge on any atom is 0.175 e. The number of hydrogen-bond donors (Lipinski definition) is 1. The quantitative estimate of drug-likeness (QED) is 0.936. The molecule has 0 spiro atoms. The fraction of sp³-hybridized carbons (Fsp3) is 0.200. The molecule has 0 fully saturated rings. The normalized spacial score (nSPS) is 13.1. The Morgan fingerprint density at radius 2 is 1.76 bits per heavy atom. The maximum absolute atomic E-state index is 14.0. The molecule has 0 amide bonds. The van der Waals surface area contributed by atoms with E-state index in [4.69, 9.17) is 5.73 Å². The van der Waals surface area contributed by atoms with E-state index in [9.17, 15) is 12.8 Å². The fourth-order valence-electron chi connectivity index (χ4n) is 1.76. The summed E-state index contributed by atoms with van der Waals surface area (Å²) in [6.45, 7) is 1.80. The van der Waals surface area contributed by atoms with Crippen molar-refractivity contribution in [3.63, 3.8) is 0 Å². The molecule has 0 heterocycles. The standard InChI is InChI=1S/C15H16FNO2S2/c1-10(17)11-3-8-15(14(16)9-11)20-12-4-6-13(7-5-12)21(2,18)19/h3-10H,17H2,1-2H3. The van der Waals surface area contributed by atoms with Gasteiger partial charge in [0.15, 0.2) is 9.84 Å². The van der Waals surface area contributed by atoms with Crippen LogP contribution < -0.4 is 5.73 Å². The van der Waals surface area contributed by atoms with Gasteiger partial charge < -0.3 is 5.73 Å². The molecule has 2 aromatic carbocycles. The molecule has 2 aromatic rings. The SMILES string of the molecule is CC(N)c1ccc(Sc2ccc(S(C)(=O)=O)cc2)c(F)c1. The summed E-state index contributed by atoms with van der Waals surface area (Å²) in [5.41, 5.74) is 6.45. The van der Waals surface area contributed by atoms with Crippen LogP contribution in [0.15, 0.2) is 57.2 Å². The predicted molar refractivity (Wildman–Crippen MR) is 82.7 cm³/mol. The lowest BCUT2D eigenvalue weighted by Crippen LogP contribution is -2.05. The van der Waals surface area contributed by atoms with Crippen LogP contribution in [0.1, 0.15) is 18.5 Å². The highest BCUT2D eigenvalue weighted by molar-refractivity contribution is 7.99. The molecular weight excluding hydrogens is 309 g/mol. The Kier molecular flexibility index (Phi) is 4.70. The summed E-state index contributed by atoms with van der Waals surface area (Å²) < 4.78 is 36.8. The second-order valence-corrected chi connectivity index (χ2v) is 7.96. The molecule has 21 heavy (non-hydrogen) atoms. The van der Waals surface area contributed by atoms with Crippen molar-refractivity contribution in [1.29, 1.82) is 0 Å². The molecule has 112 valence electrons. The average Bonchev–Trinajstić information content (AvgIpc) is 2.40. The predicted octanol–water partition coefficient (Wildman–Crippen LogP) is 3.40. The van der Waals surface area contributed by atoms with E-state index in [1.807, 2.05) is 0 Å². The third-order valence-corrected chi connectivity index (χ3v) is 5.15. The number of nitrogens with two attached hydrogens (primary N) is 1. The molecule has 2 rings (SSSR count). The summed E-state index contributed by atoms with van der Waals surface area (Å²) in [4.78, 5) is 1.50. The van der Waals surface area contributed by atoms with Crippen molar-refractivity contribution in [3.8, 4) is 0 Å². The van der Waals surface area contributed by atoms with E-state index in [-0.39, 0.29) is 16.8 Å². The minimum Gasteiger partial charge on any atom is -0.324 e. The van der Waals surface area contributed by atoms with Gasteiger partial charge in [-0.1, -0.05) is 17.8 Å². The third-order valence-electron chi connectivity index (χ3n) is 2.96. The highest BCUT2D eigenvalue weighted by Gasteiger charge is 2.10. The monoisotopic (exact) mass is 325 g/mol. The Hall–Kier alpha value is -1.37. The minimum absolute atomic E-state index is 0.215. The Morgan fingerprint density at radius 3 is 2.24 bits per heavy atom. The van der Waals surface area contributed by atoms with Gasteiger partial charge in [-0.05, 0) is 48.9 Å². The topological polar surface area (TPSA) is 60.2 Å². The van der Waals surface area contributed by atoms with Crippen LogP contribution in [0, 0.1) is 5.82 Å². The Balaban J connectivity index is 2.22. The first-order valence-electron chi connectivity index (χ1n) is 6.30. The van der Waals surface area contributed by atoms with Crippen molar-refractivity contribution in [1.82, 2.24) is 0 Å². The van der Waals surface area contributed by atoms with E-state index < -0.39 is 9.84 Å². The van der Waals surface area contributed by atoms with E-state index in [0.29, 0.717) is 4.90 Å². The number of rotatable bonds is 4. The van der Waals surface area contributed by atoms with Crippen molar-refractivity contribution >= 4 is 21.6 Å². The van der Waals surface area contributed by atoms with Crippen molar-refractivity contribution in [2.75, 3.05) is 6.26 Å². The zero-order valence-electron chi connectivity index (χ0n) is 11.7. The molecule has 1 unspecified atom stereocenters. The lowest BCUT2D eigenvalue weighted by molar-refractivity contribution is 0.596. The zero-order valence-corrected chi connectivity index (χ0v) is 13.3. The summed E-state index contributed by atoms with van der Waals surface area (Å²) in [6.07, 6.45) is 1.15. The highest BCUT2D eigenvalue weighted by Crippen LogP contribution is 2.31. The highest BCUT2D eigenvalue weighted by atomic mass is 32.2. The van der Waals surface area contributed by atoms with E-state index in [1.165, 1.54) is 30.0 Å². The second-order valence-electron chi connectivity index (χ2n) is 4.82. The smallest absolute Gasteiger partial charge is 0.175 e. The number of sulfone groups is 1. The van der Waals surface area contributed by atoms with E-state index in [2.05, 4.69) is 0 Å². The second kappa shape index (κ2) is 6.17. The molecule has 0 aliphatic heterocycles. The summed E-state index contributed by atoms with van der Waals surface area (Å²) in [5.74, 6) is -0.331. The van der Waals surface area contributed by atoms with Gasteiger partial charge in [-0.3, -0.25) is 0 Å². The van der Waals surface area contributed by atoms with Crippen molar-refractivity contribution in [2.24, 2.45) is 5.73 Å². The van der Waals surface area contributed by atoms with Crippen molar-refractivity contribution in [2.45, 2.75) is 27.7 Å². The third kappa shape index (κ3) is 4.06. The van der Waals surface area contributed by atoms with Crippen molar-refractivity contribution < 1.29 is 12.8 Å². The first-order chi connectivity index (χ1) is 9.77. The van der Waals surface area contributed by atoms with Crippen LogP contribution in [0.25, 0.3) is 0 Å². The lowest BCUT2D eigenvalue weighted by atomic mass is 10.1. The molecule has 0 radical (unpaired) electrons. The van der Waals surface area contributed by atoms with Gasteiger partial charge in [0.25, 0.3) is 0 Å². The molecule has 6 heteroatoms. The number of benzene rings is 2. The molecule has 2 N–H and O–H groups in total. The summed E-state index contributed by atoms with van der Waals surface area (Å²) in [6, 6.07) is 11.1. The summed E-state index contributed by atoms with van der Waals surface area (Å²) >= 11 is 1.24.